The highest BCUT2D eigenvalue weighted by Gasteiger charge is 2.29. The molecule has 0 spiro atoms. The van der Waals surface area contributed by atoms with Gasteiger partial charge in [0.25, 0.3) is 0 Å². The molecule has 22 heavy (non-hydrogen) atoms. The Labute approximate surface area is 148 Å². The summed E-state index contributed by atoms with van der Waals surface area (Å²) in [5, 5.41) is 8.20. The molecule has 0 aliphatic carbocycles. The lowest BCUT2D eigenvalue weighted by Crippen LogP contribution is -2.17. The summed E-state index contributed by atoms with van der Waals surface area (Å²) < 4.78 is 5.12. The van der Waals surface area contributed by atoms with Crippen molar-refractivity contribution in [3.8, 4) is 0 Å². The summed E-state index contributed by atoms with van der Waals surface area (Å²) in [4.78, 5) is 23.5. The van der Waals surface area contributed by atoms with Crippen LogP contribution in [0.4, 0.5) is 0 Å². The number of rotatable bonds is 6. The highest BCUT2D eigenvalue weighted by molar-refractivity contribution is 6.54. The van der Waals surface area contributed by atoms with E-state index in [1.807, 2.05) is 13.8 Å². The minimum Gasteiger partial charge on any atom is -0.478 e. The van der Waals surface area contributed by atoms with Crippen LogP contribution in [0, 0.1) is 5.92 Å². The van der Waals surface area contributed by atoms with Crippen molar-refractivity contribution in [1.29, 1.82) is 0 Å². The number of benzene rings is 1. The quantitative estimate of drug-likeness (QED) is 0.392. The number of carbonyl (C=O) groups excluding carboxylic acids is 1. The van der Waals surface area contributed by atoms with Crippen molar-refractivity contribution in [3.63, 3.8) is 0 Å². The number of ether oxygens (including phenoxy) is 1. The van der Waals surface area contributed by atoms with E-state index in [0.717, 1.165) is 12.8 Å². The van der Waals surface area contributed by atoms with Crippen LogP contribution >= 0.6 is 46.4 Å². The van der Waals surface area contributed by atoms with E-state index in [2.05, 4.69) is 0 Å². The molecule has 0 saturated heterocycles. The van der Waals surface area contributed by atoms with E-state index in [1.54, 1.807) is 0 Å². The lowest BCUT2D eigenvalue weighted by atomic mass is 10.1. The largest absolute Gasteiger partial charge is 0.478 e. The predicted octanol–water partition coefficient (Wildman–Crippen LogP) is 5.59. The van der Waals surface area contributed by atoms with Crippen LogP contribution in [0.15, 0.2) is 0 Å². The highest BCUT2D eigenvalue weighted by atomic mass is 35.5. The van der Waals surface area contributed by atoms with Crippen molar-refractivity contribution in [2.75, 3.05) is 6.61 Å². The van der Waals surface area contributed by atoms with E-state index in [4.69, 9.17) is 51.1 Å². The fourth-order valence-electron chi connectivity index (χ4n) is 1.89. The van der Waals surface area contributed by atoms with E-state index in [0.29, 0.717) is 0 Å². The zero-order valence-corrected chi connectivity index (χ0v) is 14.9. The standard InChI is InChI=1S/C14H14Cl4O4/c1-3-4-6(2)5-22-14(21)8-7(13(19)20)9(15)11(17)12(18)10(8)16/h6H,3-5H2,1-2H3,(H,19,20). The van der Waals surface area contributed by atoms with Gasteiger partial charge in [-0.1, -0.05) is 66.7 Å². The van der Waals surface area contributed by atoms with Gasteiger partial charge in [-0.3, -0.25) is 0 Å². The normalized spacial score (nSPS) is 12.1. The summed E-state index contributed by atoms with van der Waals surface area (Å²) in [6.07, 6.45) is 1.81. The first kappa shape index (κ1) is 19.4. The maximum Gasteiger partial charge on any atom is 0.340 e. The molecule has 0 aliphatic heterocycles. The van der Waals surface area contributed by atoms with Gasteiger partial charge in [0.2, 0.25) is 0 Å². The van der Waals surface area contributed by atoms with Gasteiger partial charge in [-0.2, -0.15) is 0 Å². The van der Waals surface area contributed by atoms with Gasteiger partial charge in [0.15, 0.2) is 0 Å². The van der Waals surface area contributed by atoms with Crippen molar-refractivity contribution in [2.45, 2.75) is 26.7 Å². The van der Waals surface area contributed by atoms with Gasteiger partial charge in [0.1, 0.15) is 0 Å². The zero-order valence-electron chi connectivity index (χ0n) is 11.9. The number of esters is 1. The third-order valence-electron chi connectivity index (χ3n) is 2.97. The van der Waals surface area contributed by atoms with Gasteiger partial charge in [0, 0.05) is 0 Å². The summed E-state index contributed by atoms with van der Waals surface area (Å²) in [6, 6.07) is 0. The van der Waals surface area contributed by atoms with Crippen LogP contribution in [-0.2, 0) is 4.74 Å². The molecular weight excluding hydrogens is 374 g/mol. The molecule has 0 saturated carbocycles. The number of aromatic carboxylic acids is 1. The lowest BCUT2D eigenvalue weighted by molar-refractivity contribution is 0.0436. The number of hydrogen-bond acceptors (Lipinski definition) is 3. The smallest absolute Gasteiger partial charge is 0.340 e. The van der Waals surface area contributed by atoms with Crippen LogP contribution in [0.1, 0.15) is 47.4 Å². The lowest BCUT2D eigenvalue weighted by Gasteiger charge is -2.15. The average Bonchev–Trinajstić information content (AvgIpc) is 2.46. The Morgan fingerprint density at radius 1 is 1.05 bits per heavy atom. The van der Waals surface area contributed by atoms with E-state index in [9.17, 15) is 14.7 Å². The van der Waals surface area contributed by atoms with Crippen LogP contribution in [0.3, 0.4) is 0 Å². The Bertz CT molecular complexity index is 601. The number of carbonyl (C=O) groups is 2. The molecule has 4 nitrogen and oxygen atoms in total. The second kappa shape index (κ2) is 8.25. The highest BCUT2D eigenvalue weighted by Crippen LogP contribution is 2.41. The van der Waals surface area contributed by atoms with Crippen LogP contribution < -0.4 is 0 Å². The molecule has 1 unspecified atom stereocenters. The molecule has 0 radical (unpaired) electrons. The first-order valence-corrected chi connectivity index (χ1v) is 7.99. The van der Waals surface area contributed by atoms with E-state index >= 15 is 0 Å². The molecule has 8 heteroatoms. The van der Waals surface area contributed by atoms with Crippen molar-refractivity contribution in [3.05, 3.63) is 31.2 Å². The van der Waals surface area contributed by atoms with E-state index in [-0.39, 0.29) is 32.6 Å². The van der Waals surface area contributed by atoms with Gasteiger partial charge in [-0.05, 0) is 12.3 Å². The molecule has 1 rings (SSSR count). The first-order valence-electron chi connectivity index (χ1n) is 6.48. The van der Waals surface area contributed by atoms with Gasteiger partial charge in [-0.15, -0.1) is 0 Å². The molecular formula is C14H14Cl4O4. The minimum absolute atomic E-state index is 0.138. The fraction of sp³-hybridized carbons (Fsp3) is 0.429. The Hall–Kier alpha value is -0.680. The second-order valence-corrected chi connectivity index (χ2v) is 6.32. The van der Waals surface area contributed by atoms with Gasteiger partial charge < -0.3 is 9.84 Å². The molecule has 0 heterocycles. The summed E-state index contributed by atoms with van der Waals surface area (Å²) in [6.45, 7) is 4.06. The molecule has 0 bridgehead atoms. The second-order valence-electron chi connectivity index (χ2n) is 4.80. The average molecular weight is 388 g/mol. The summed E-state index contributed by atoms with van der Waals surface area (Å²) >= 11 is 23.5. The Balaban J connectivity index is 3.23. The number of carboxylic acid groups (broad SMARTS) is 1. The first-order chi connectivity index (χ1) is 10.2. The van der Waals surface area contributed by atoms with Gasteiger partial charge in [-0.25, -0.2) is 9.59 Å². The molecule has 1 aromatic rings. The molecule has 0 amide bonds. The predicted molar refractivity (Wildman–Crippen MR) is 87.8 cm³/mol. The third-order valence-corrected chi connectivity index (χ3v) is 4.77. The Morgan fingerprint density at radius 3 is 2.00 bits per heavy atom. The van der Waals surface area contributed by atoms with Gasteiger partial charge in [0.05, 0.1) is 37.8 Å². The van der Waals surface area contributed by atoms with E-state index in [1.165, 1.54) is 0 Å². The minimum atomic E-state index is -1.45. The molecule has 1 aromatic carbocycles. The van der Waals surface area contributed by atoms with Crippen molar-refractivity contribution >= 4 is 58.3 Å². The Morgan fingerprint density at radius 2 is 1.55 bits per heavy atom. The molecule has 1 N–H and O–H groups in total. The van der Waals surface area contributed by atoms with Crippen molar-refractivity contribution in [2.24, 2.45) is 5.92 Å². The summed E-state index contributed by atoms with van der Waals surface area (Å²) in [7, 11) is 0. The van der Waals surface area contributed by atoms with E-state index < -0.39 is 23.1 Å². The number of hydrogen-bond donors (Lipinski definition) is 1. The van der Waals surface area contributed by atoms with Crippen LogP contribution in [0.2, 0.25) is 20.1 Å². The van der Waals surface area contributed by atoms with Crippen LogP contribution in [0.5, 0.6) is 0 Å². The van der Waals surface area contributed by atoms with Crippen molar-refractivity contribution in [1.82, 2.24) is 0 Å². The van der Waals surface area contributed by atoms with Crippen LogP contribution in [0.25, 0.3) is 0 Å². The molecule has 0 aliphatic rings. The maximum atomic E-state index is 12.2. The Kier molecular flexibility index (Phi) is 7.26. The topological polar surface area (TPSA) is 63.6 Å². The monoisotopic (exact) mass is 386 g/mol. The van der Waals surface area contributed by atoms with Crippen LogP contribution in [-0.4, -0.2) is 23.7 Å². The zero-order chi connectivity index (χ0) is 17.0. The summed E-state index contributed by atoms with van der Waals surface area (Å²) in [5.74, 6) is -2.20. The molecule has 0 aromatic heterocycles. The molecule has 122 valence electrons. The molecule has 1 atom stereocenters. The van der Waals surface area contributed by atoms with Crippen molar-refractivity contribution < 1.29 is 19.4 Å². The SMILES string of the molecule is CCCC(C)COC(=O)c1c(Cl)c(Cl)c(Cl)c(Cl)c1C(=O)O. The molecule has 0 fully saturated rings. The number of halogens is 4. The number of carboxylic acids is 1. The maximum absolute atomic E-state index is 12.2. The fourth-order valence-corrected chi connectivity index (χ4v) is 2.90. The summed E-state index contributed by atoms with van der Waals surface area (Å²) in [5.41, 5.74) is -0.911. The third kappa shape index (κ3) is 4.19. The van der Waals surface area contributed by atoms with Gasteiger partial charge >= 0.3 is 11.9 Å².